The number of aliphatic hydroxyl groups excluding tert-OH is 2. The summed E-state index contributed by atoms with van der Waals surface area (Å²) in [5.74, 6) is 0.429. The normalized spacial score (nSPS) is 26.2. The quantitative estimate of drug-likeness (QED) is 0.827. The highest BCUT2D eigenvalue weighted by Gasteiger charge is 2.37. The lowest BCUT2D eigenvalue weighted by Crippen LogP contribution is -2.45. The van der Waals surface area contributed by atoms with Crippen LogP contribution in [0.25, 0.3) is 0 Å². The second kappa shape index (κ2) is 6.04. The summed E-state index contributed by atoms with van der Waals surface area (Å²) >= 11 is 0. The van der Waals surface area contributed by atoms with E-state index >= 15 is 0 Å². The lowest BCUT2D eigenvalue weighted by atomic mass is 10.2. The van der Waals surface area contributed by atoms with Crippen LogP contribution in [0.1, 0.15) is 12.8 Å². The molecule has 0 bridgehead atoms. The Bertz CT molecular complexity index is 423. The number of benzene rings is 1. The van der Waals surface area contributed by atoms with Gasteiger partial charge in [-0.2, -0.15) is 0 Å². The first-order chi connectivity index (χ1) is 9.09. The SMILES string of the molecule is CN(C(=O)COc1ccccc1)[C@@H]1CC[C@@H](O)[C@@H]1O. The van der Waals surface area contributed by atoms with Crippen LogP contribution in [0.2, 0.25) is 0 Å². The van der Waals surface area contributed by atoms with Gasteiger partial charge in [0.2, 0.25) is 0 Å². The molecule has 0 aromatic heterocycles. The second-order valence-electron chi connectivity index (χ2n) is 4.81. The molecule has 0 heterocycles. The third-order valence-electron chi connectivity index (χ3n) is 3.54. The van der Waals surface area contributed by atoms with Gasteiger partial charge in [-0.1, -0.05) is 18.2 Å². The highest BCUT2D eigenvalue weighted by molar-refractivity contribution is 5.78. The predicted molar refractivity (Wildman–Crippen MR) is 69.7 cm³/mol. The molecule has 19 heavy (non-hydrogen) atoms. The van der Waals surface area contributed by atoms with Crippen molar-refractivity contribution in [3.05, 3.63) is 30.3 Å². The topological polar surface area (TPSA) is 70.0 Å². The van der Waals surface area contributed by atoms with Gasteiger partial charge in [-0.25, -0.2) is 0 Å². The fraction of sp³-hybridized carbons (Fsp3) is 0.500. The first-order valence-electron chi connectivity index (χ1n) is 6.39. The first-order valence-corrected chi connectivity index (χ1v) is 6.39. The van der Waals surface area contributed by atoms with Crippen molar-refractivity contribution in [1.82, 2.24) is 4.90 Å². The molecule has 0 unspecified atom stereocenters. The summed E-state index contributed by atoms with van der Waals surface area (Å²) in [6, 6.07) is 8.77. The summed E-state index contributed by atoms with van der Waals surface area (Å²) in [5, 5.41) is 19.3. The highest BCUT2D eigenvalue weighted by Crippen LogP contribution is 2.24. The molecule has 3 atom stereocenters. The van der Waals surface area contributed by atoms with Gasteiger partial charge < -0.3 is 19.8 Å². The van der Waals surface area contributed by atoms with E-state index in [9.17, 15) is 15.0 Å². The molecule has 0 spiro atoms. The van der Waals surface area contributed by atoms with E-state index in [0.717, 1.165) is 0 Å². The molecule has 2 N–H and O–H groups in total. The van der Waals surface area contributed by atoms with Gasteiger partial charge in [0.25, 0.3) is 5.91 Å². The van der Waals surface area contributed by atoms with E-state index in [4.69, 9.17) is 4.74 Å². The lowest BCUT2D eigenvalue weighted by molar-refractivity contribution is -0.136. The minimum atomic E-state index is -0.870. The number of nitrogens with zero attached hydrogens (tertiary/aromatic N) is 1. The maximum absolute atomic E-state index is 12.0. The van der Waals surface area contributed by atoms with Gasteiger partial charge in [0.1, 0.15) is 11.9 Å². The third kappa shape index (κ3) is 3.24. The molecule has 0 saturated heterocycles. The van der Waals surface area contributed by atoms with E-state index in [1.165, 1.54) is 4.90 Å². The third-order valence-corrected chi connectivity index (χ3v) is 3.54. The van der Waals surface area contributed by atoms with Crippen molar-refractivity contribution in [2.45, 2.75) is 31.1 Å². The number of hydrogen-bond donors (Lipinski definition) is 2. The molecule has 1 fully saturated rings. The van der Waals surface area contributed by atoms with E-state index in [0.29, 0.717) is 18.6 Å². The Kier molecular flexibility index (Phi) is 4.39. The number of likely N-dealkylation sites (N-methyl/N-ethyl adjacent to an activating group) is 1. The average Bonchev–Trinajstić information content (AvgIpc) is 2.77. The van der Waals surface area contributed by atoms with Crippen LogP contribution in [-0.4, -0.2) is 52.9 Å². The smallest absolute Gasteiger partial charge is 0.260 e. The van der Waals surface area contributed by atoms with Crippen LogP contribution in [0.3, 0.4) is 0 Å². The minimum absolute atomic E-state index is 0.0696. The molecule has 5 heteroatoms. The summed E-state index contributed by atoms with van der Waals surface area (Å²) in [6.07, 6.45) is -0.486. The Morgan fingerprint density at radius 3 is 2.58 bits per heavy atom. The van der Waals surface area contributed by atoms with E-state index in [-0.39, 0.29) is 18.6 Å². The Morgan fingerprint density at radius 1 is 1.32 bits per heavy atom. The molecular formula is C14H19NO4. The van der Waals surface area contributed by atoms with Crippen LogP contribution >= 0.6 is 0 Å². The molecule has 1 amide bonds. The van der Waals surface area contributed by atoms with Gasteiger partial charge in [0, 0.05) is 7.05 Å². The number of carbonyl (C=O) groups is 1. The summed E-state index contributed by atoms with van der Waals surface area (Å²) in [7, 11) is 1.63. The zero-order valence-electron chi connectivity index (χ0n) is 10.9. The minimum Gasteiger partial charge on any atom is -0.484 e. The average molecular weight is 265 g/mol. The Labute approximate surface area is 112 Å². The number of rotatable bonds is 4. The molecule has 1 aliphatic carbocycles. The number of aliphatic hydroxyl groups is 2. The number of amides is 1. The number of ether oxygens (including phenoxy) is 1. The van der Waals surface area contributed by atoms with Crippen molar-refractivity contribution >= 4 is 5.91 Å². The molecule has 1 aromatic carbocycles. The Hall–Kier alpha value is -1.59. The van der Waals surface area contributed by atoms with Gasteiger partial charge in [0.05, 0.1) is 12.1 Å². The molecular weight excluding hydrogens is 246 g/mol. The van der Waals surface area contributed by atoms with Crippen molar-refractivity contribution in [1.29, 1.82) is 0 Å². The number of para-hydroxylation sites is 1. The highest BCUT2D eigenvalue weighted by atomic mass is 16.5. The number of hydrogen-bond acceptors (Lipinski definition) is 4. The zero-order chi connectivity index (χ0) is 13.8. The van der Waals surface area contributed by atoms with Gasteiger partial charge in [-0.15, -0.1) is 0 Å². The summed E-state index contributed by atoms with van der Waals surface area (Å²) < 4.78 is 5.38. The molecule has 104 valence electrons. The van der Waals surface area contributed by atoms with Crippen LogP contribution < -0.4 is 4.74 Å². The van der Waals surface area contributed by atoms with Crippen molar-refractivity contribution < 1.29 is 19.7 Å². The molecule has 0 aliphatic heterocycles. The van der Waals surface area contributed by atoms with Crippen LogP contribution in [0.15, 0.2) is 30.3 Å². The predicted octanol–water partition coefficient (Wildman–Crippen LogP) is 0.408. The first kappa shape index (κ1) is 13.8. The maximum atomic E-state index is 12.0. The van der Waals surface area contributed by atoms with Crippen LogP contribution in [-0.2, 0) is 4.79 Å². The molecule has 1 aliphatic rings. The van der Waals surface area contributed by atoms with Crippen molar-refractivity contribution in [2.24, 2.45) is 0 Å². The summed E-state index contributed by atoms with van der Waals surface area (Å²) in [5.41, 5.74) is 0. The van der Waals surface area contributed by atoms with Crippen LogP contribution in [0, 0.1) is 0 Å². The summed E-state index contributed by atoms with van der Waals surface area (Å²) in [6.45, 7) is -0.0696. The Balaban J connectivity index is 1.86. The molecule has 1 aromatic rings. The van der Waals surface area contributed by atoms with Gasteiger partial charge in [-0.3, -0.25) is 4.79 Å². The second-order valence-corrected chi connectivity index (χ2v) is 4.81. The Morgan fingerprint density at radius 2 is 2.00 bits per heavy atom. The van der Waals surface area contributed by atoms with E-state index < -0.39 is 12.2 Å². The van der Waals surface area contributed by atoms with Crippen molar-refractivity contribution in [3.8, 4) is 5.75 Å². The summed E-state index contributed by atoms with van der Waals surface area (Å²) in [4.78, 5) is 13.4. The fourth-order valence-electron chi connectivity index (χ4n) is 2.31. The van der Waals surface area contributed by atoms with Gasteiger partial charge >= 0.3 is 0 Å². The van der Waals surface area contributed by atoms with E-state index in [1.807, 2.05) is 18.2 Å². The zero-order valence-corrected chi connectivity index (χ0v) is 10.9. The van der Waals surface area contributed by atoms with Crippen molar-refractivity contribution in [2.75, 3.05) is 13.7 Å². The van der Waals surface area contributed by atoms with Crippen molar-refractivity contribution in [3.63, 3.8) is 0 Å². The largest absolute Gasteiger partial charge is 0.484 e. The van der Waals surface area contributed by atoms with Crippen LogP contribution in [0.4, 0.5) is 0 Å². The monoisotopic (exact) mass is 265 g/mol. The van der Waals surface area contributed by atoms with Crippen LogP contribution in [0.5, 0.6) is 5.75 Å². The standard InChI is InChI=1S/C14H19NO4/c1-15(11-7-8-12(16)14(11)18)13(17)9-19-10-5-3-2-4-6-10/h2-6,11-12,14,16,18H,7-9H2,1H3/t11-,12-,14-/m1/s1. The molecule has 2 rings (SSSR count). The molecule has 0 radical (unpaired) electrons. The maximum Gasteiger partial charge on any atom is 0.260 e. The van der Waals surface area contributed by atoms with Gasteiger partial charge in [0.15, 0.2) is 6.61 Å². The van der Waals surface area contributed by atoms with Gasteiger partial charge in [-0.05, 0) is 25.0 Å². The van der Waals surface area contributed by atoms with E-state index in [2.05, 4.69) is 0 Å². The number of carbonyl (C=O) groups excluding carboxylic acids is 1. The lowest BCUT2D eigenvalue weighted by Gasteiger charge is -2.27. The molecule has 1 saturated carbocycles. The molecule has 5 nitrogen and oxygen atoms in total. The fourth-order valence-corrected chi connectivity index (χ4v) is 2.31. The van der Waals surface area contributed by atoms with E-state index in [1.54, 1.807) is 19.2 Å².